The van der Waals surface area contributed by atoms with Crippen LogP contribution in [0.2, 0.25) is 0 Å². The molecule has 0 aliphatic carbocycles. The van der Waals surface area contributed by atoms with Crippen LogP contribution in [0.1, 0.15) is 76.5 Å². The maximum absolute atomic E-state index is 11.9. The zero-order valence-corrected chi connectivity index (χ0v) is 16.8. The molecule has 2 unspecified atom stereocenters. The molecule has 2 atom stereocenters. The van der Waals surface area contributed by atoms with Crippen LogP contribution < -0.4 is 5.32 Å². The molecule has 1 aromatic heterocycles. The number of aliphatic hydroxyl groups excluding tert-OH is 1. The second kappa shape index (κ2) is 10.4. The second-order valence-corrected chi connectivity index (χ2v) is 7.51. The monoisotopic (exact) mass is 374 g/mol. The van der Waals surface area contributed by atoms with Crippen LogP contribution in [-0.2, 0) is 4.74 Å². The maximum Gasteiger partial charge on any atom is 0.407 e. The van der Waals surface area contributed by atoms with Crippen LogP contribution in [0.4, 0.5) is 4.79 Å². The summed E-state index contributed by atoms with van der Waals surface area (Å²) in [5.74, 6) is -1.07. The number of hydrogen-bond donors (Lipinski definition) is 3. The number of rotatable bonds is 6. The normalized spacial score (nSPS) is 13.5. The third-order valence-corrected chi connectivity index (χ3v) is 3.96. The van der Waals surface area contributed by atoms with Crippen LogP contribution in [0.3, 0.4) is 0 Å². The van der Waals surface area contributed by atoms with Crippen molar-refractivity contribution in [1.29, 1.82) is 0 Å². The van der Waals surface area contributed by atoms with Crippen molar-refractivity contribution in [3.8, 4) is 0 Å². The molecule has 25 heavy (non-hydrogen) atoms. The Hall–Kier alpha value is -1.67. The molecule has 0 aliphatic heterocycles. The highest BCUT2D eigenvalue weighted by atomic mass is 32.1. The standard InChI is InChI=1S/C15H24N2O5S.C2H6/c1-8(2)9(17-14(21)22-15(3,4)5)6-11(18)12-16-10(7-23-12)13(19)20;1-2/h7-9,11,18H,6H2,1-5H3,(H,17,21)(H,19,20);1-2H3. The largest absolute Gasteiger partial charge is 0.476 e. The predicted octanol–water partition coefficient (Wildman–Crippen LogP) is 3.84. The second-order valence-electron chi connectivity index (χ2n) is 6.62. The van der Waals surface area contributed by atoms with Gasteiger partial charge in [0.2, 0.25) is 0 Å². The lowest BCUT2D eigenvalue weighted by molar-refractivity contribution is 0.0461. The Morgan fingerprint density at radius 3 is 2.28 bits per heavy atom. The molecule has 0 bridgehead atoms. The van der Waals surface area contributed by atoms with E-state index in [4.69, 9.17) is 9.84 Å². The predicted molar refractivity (Wildman–Crippen MR) is 98.0 cm³/mol. The van der Waals surface area contributed by atoms with Crippen molar-refractivity contribution in [2.45, 2.75) is 72.6 Å². The van der Waals surface area contributed by atoms with Crippen LogP contribution in [0.25, 0.3) is 0 Å². The van der Waals surface area contributed by atoms with E-state index >= 15 is 0 Å². The number of hydrogen-bond acceptors (Lipinski definition) is 6. The minimum absolute atomic E-state index is 0.0658. The molecule has 1 amide bonds. The third kappa shape index (κ3) is 8.83. The average molecular weight is 375 g/mol. The van der Waals surface area contributed by atoms with Gasteiger partial charge in [-0.1, -0.05) is 27.7 Å². The van der Waals surface area contributed by atoms with Crippen molar-refractivity contribution in [2.24, 2.45) is 5.92 Å². The van der Waals surface area contributed by atoms with Crippen molar-refractivity contribution < 1.29 is 24.5 Å². The number of aromatic nitrogens is 1. The molecule has 0 aliphatic rings. The molecule has 3 N–H and O–H groups in total. The van der Waals surface area contributed by atoms with Crippen molar-refractivity contribution in [3.05, 3.63) is 16.1 Å². The topological polar surface area (TPSA) is 109 Å². The zero-order chi connectivity index (χ0) is 19.8. The van der Waals surface area contributed by atoms with E-state index < -0.39 is 23.8 Å². The van der Waals surface area contributed by atoms with Gasteiger partial charge in [-0.15, -0.1) is 11.3 Å². The number of alkyl carbamates (subject to hydrolysis) is 1. The quantitative estimate of drug-likeness (QED) is 0.698. The number of nitrogens with one attached hydrogen (secondary N) is 1. The number of thiazole rings is 1. The smallest absolute Gasteiger partial charge is 0.407 e. The van der Waals surface area contributed by atoms with E-state index in [0.717, 1.165) is 11.3 Å². The summed E-state index contributed by atoms with van der Waals surface area (Å²) in [5.41, 5.74) is -0.694. The number of carboxylic acids is 1. The van der Waals surface area contributed by atoms with Crippen molar-refractivity contribution in [1.82, 2.24) is 10.3 Å². The fourth-order valence-corrected chi connectivity index (χ4v) is 2.63. The van der Waals surface area contributed by atoms with Crippen LogP contribution in [0.5, 0.6) is 0 Å². The summed E-state index contributed by atoms with van der Waals surface area (Å²) < 4.78 is 5.22. The van der Waals surface area contributed by atoms with Gasteiger partial charge >= 0.3 is 12.1 Å². The van der Waals surface area contributed by atoms with Gasteiger partial charge in [0.25, 0.3) is 0 Å². The molecule has 0 radical (unpaired) electrons. The Morgan fingerprint density at radius 2 is 1.88 bits per heavy atom. The summed E-state index contributed by atoms with van der Waals surface area (Å²) in [4.78, 5) is 26.6. The van der Waals surface area contributed by atoms with Gasteiger partial charge in [-0.3, -0.25) is 0 Å². The molecule has 1 rings (SSSR count). The van der Waals surface area contributed by atoms with Gasteiger partial charge in [0.05, 0.1) is 0 Å². The van der Waals surface area contributed by atoms with Crippen molar-refractivity contribution in [2.75, 3.05) is 0 Å². The molecule has 0 spiro atoms. The highest BCUT2D eigenvalue weighted by Gasteiger charge is 2.25. The molecule has 0 aromatic carbocycles. The van der Waals surface area contributed by atoms with Crippen LogP contribution in [0.15, 0.2) is 5.38 Å². The average Bonchev–Trinajstić information content (AvgIpc) is 2.96. The summed E-state index contributed by atoms with van der Waals surface area (Å²) in [6.07, 6.45) is -1.27. The molecule has 144 valence electrons. The van der Waals surface area contributed by atoms with Crippen molar-refractivity contribution >= 4 is 23.4 Å². The van der Waals surface area contributed by atoms with E-state index in [0.29, 0.717) is 5.01 Å². The Bertz CT molecular complexity index is 551. The highest BCUT2D eigenvalue weighted by Crippen LogP contribution is 2.24. The fourth-order valence-electron chi connectivity index (χ4n) is 1.84. The summed E-state index contributed by atoms with van der Waals surface area (Å²) >= 11 is 1.08. The first-order valence-corrected chi connectivity index (χ1v) is 9.24. The van der Waals surface area contributed by atoms with Gasteiger partial charge in [0.15, 0.2) is 5.69 Å². The first-order chi connectivity index (χ1) is 11.5. The van der Waals surface area contributed by atoms with E-state index in [9.17, 15) is 14.7 Å². The summed E-state index contributed by atoms with van der Waals surface area (Å²) in [6, 6.07) is -0.322. The van der Waals surface area contributed by atoms with E-state index in [2.05, 4.69) is 10.3 Å². The molecule has 8 heteroatoms. The number of aromatic carboxylic acids is 1. The van der Waals surface area contributed by atoms with Crippen LogP contribution in [0, 0.1) is 5.92 Å². The number of aliphatic hydroxyl groups is 1. The number of nitrogens with zero attached hydrogens (tertiary/aromatic N) is 1. The maximum atomic E-state index is 11.9. The molecule has 7 nitrogen and oxygen atoms in total. The van der Waals surface area contributed by atoms with Gasteiger partial charge in [0, 0.05) is 17.8 Å². The van der Waals surface area contributed by atoms with Crippen LogP contribution in [-0.4, -0.2) is 38.9 Å². The number of carbonyl (C=O) groups excluding carboxylic acids is 1. The van der Waals surface area contributed by atoms with E-state index in [1.165, 1.54) is 5.38 Å². The van der Waals surface area contributed by atoms with Gasteiger partial charge in [0.1, 0.15) is 16.7 Å². The Morgan fingerprint density at radius 1 is 1.32 bits per heavy atom. The summed E-state index contributed by atoms with van der Waals surface area (Å²) in [7, 11) is 0. The van der Waals surface area contributed by atoms with Gasteiger partial charge in [-0.25, -0.2) is 14.6 Å². The number of ether oxygens (including phenoxy) is 1. The van der Waals surface area contributed by atoms with Crippen LogP contribution >= 0.6 is 11.3 Å². The highest BCUT2D eigenvalue weighted by molar-refractivity contribution is 7.09. The van der Waals surface area contributed by atoms with E-state index in [1.54, 1.807) is 20.8 Å². The SMILES string of the molecule is CC.CC(C)C(CC(O)c1nc(C(=O)O)cs1)NC(=O)OC(C)(C)C. The summed E-state index contributed by atoms with van der Waals surface area (Å²) in [6.45, 7) is 13.1. The van der Waals surface area contributed by atoms with Gasteiger partial charge in [-0.2, -0.15) is 0 Å². The lowest BCUT2D eigenvalue weighted by Crippen LogP contribution is -2.42. The van der Waals surface area contributed by atoms with Gasteiger partial charge in [-0.05, 0) is 26.7 Å². The first-order valence-electron chi connectivity index (χ1n) is 8.36. The van der Waals surface area contributed by atoms with E-state index in [-0.39, 0.29) is 24.1 Å². The third-order valence-electron chi connectivity index (χ3n) is 3.01. The number of carbonyl (C=O) groups is 2. The number of amides is 1. The van der Waals surface area contributed by atoms with Gasteiger partial charge < -0.3 is 20.3 Å². The van der Waals surface area contributed by atoms with Crippen molar-refractivity contribution in [3.63, 3.8) is 0 Å². The molecule has 1 heterocycles. The summed E-state index contributed by atoms with van der Waals surface area (Å²) in [5, 5.41) is 23.6. The lowest BCUT2D eigenvalue weighted by atomic mass is 9.98. The zero-order valence-electron chi connectivity index (χ0n) is 16.0. The Labute approximate surface area is 153 Å². The molecular weight excluding hydrogens is 344 g/mol. The lowest BCUT2D eigenvalue weighted by Gasteiger charge is -2.26. The molecule has 1 aromatic rings. The molecule has 0 fully saturated rings. The Balaban J connectivity index is 0.00000277. The molecule has 0 saturated carbocycles. The number of carboxylic acid groups (broad SMARTS) is 1. The fraction of sp³-hybridized carbons (Fsp3) is 0.706. The molecular formula is C17H30N2O5S. The molecule has 0 saturated heterocycles. The minimum atomic E-state index is -1.13. The first kappa shape index (κ1) is 23.3. The minimum Gasteiger partial charge on any atom is -0.476 e. The van der Waals surface area contributed by atoms with E-state index in [1.807, 2.05) is 27.7 Å². The Kier molecular flexibility index (Phi) is 9.66.